The van der Waals surface area contributed by atoms with Gasteiger partial charge in [0.05, 0.1) is 6.10 Å². The zero-order chi connectivity index (χ0) is 25.4. The van der Waals surface area contributed by atoms with Crippen LogP contribution in [0.15, 0.2) is 15.9 Å². The van der Waals surface area contributed by atoms with Crippen LogP contribution >= 0.6 is 23.5 Å². The molecule has 8 N–H and O–H groups in total. The van der Waals surface area contributed by atoms with E-state index >= 15 is 0 Å². The number of aliphatic hydroxyl groups excluding tert-OH is 1. The lowest BCUT2D eigenvalue weighted by Crippen LogP contribution is -2.56. The molecule has 2 heterocycles. The van der Waals surface area contributed by atoms with Crippen LogP contribution < -0.4 is 17.1 Å². The maximum absolute atomic E-state index is 12.1. The number of phosphoric acid groups is 3. The number of aliphatic hydroxyl groups is 1. The predicted octanol–water partition coefficient (Wildman–Crippen LogP) is -2.36. The number of aromatic amines is 1. The molecule has 0 bridgehead atoms. The Bertz CT molecular complexity index is 1210. The summed E-state index contributed by atoms with van der Waals surface area (Å²) >= 11 is 0. The zero-order valence-electron chi connectivity index (χ0n) is 16.6. The van der Waals surface area contributed by atoms with E-state index in [1.165, 1.54) is 6.92 Å². The van der Waals surface area contributed by atoms with Gasteiger partial charge >= 0.3 is 34.8 Å². The van der Waals surface area contributed by atoms with Gasteiger partial charge in [-0.05, 0) is 13.8 Å². The normalized spacial score (nSPS) is 30.0. The van der Waals surface area contributed by atoms with E-state index in [2.05, 4.69) is 30.0 Å². The molecule has 0 radical (unpaired) electrons. The van der Waals surface area contributed by atoms with Gasteiger partial charge in [0.1, 0.15) is 18.5 Å². The second kappa shape index (κ2) is 9.61. The summed E-state index contributed by atoms with van der Waals surface area (Å²) in [6, 6.07) is 0. The van der Waals surface area contributed by atoms with Gasteiger partial charge in [-0.25, -0.2) is 23.3 Å². The maximum atomic E-state index is 12.1. The van der Waals surface area contributed by atoms with Crippen molar-refractivity contribution in [3.63, 3.8) is 0 Å². The van der Waals surface area contributed by atoms with Crippen LogP contribution in [-0.4, -0.2) is 63.1 Å². The molecule has 186 valence electrons. The number of hydrogen-bond donors (Lipinski definition) is 7. The fourth-order valence-corrected chi connectivity index (χ4v) is 6.06. The van der Waals surface area contributed by atoms with Crippen molar-refractivity contribution in [2.24, 2.45) is 5.73 Å². The van der Waals surface area contributed by atoms with E-state index in [0.717, 1.165) is 13.3 Å². The van der Waals surface area contributed by atoms with Crippen LogP contribution in [0.3, 0.4) is 0 Å². The van der Waals surface area contributed by atoms with Crippen molar-refractivity contribution in [3.05, 3.63) is 27.3 Å². The van der Waals surface area contributed by atoms with Gasteiger partial charge in [0, 0.05) is 0 Å². The minimum absolute atomic E-state index is 0.687. The van der Waals surface area contributed by atoms with Gasteiger partial charge in [-0.15, -0.1) is 5.92 Å². The molecule has 21 heteroatoms. The van der Waals surface area contributed by atoms with Crippen LogP contribution in [0.5, 0.6) is 0 Å². The number of nitrogens with two attached hydrogens (primary N) is 1. The predicted molar refractivity (Wildman–Crippen MR) is 104 cm³/mol. The fraction of sp³-hybridized carbons (Fsp3) is 0.583. The second-order valence-electron chi connectivity index (χ2n) is 6.49. The molecule has 1 fully saturated rings. The van der Waals surface area contributed by atoms with Crippen molar-refractivity contribution in [1.29, 1.82) is 0 Å². The van der Waals surface area contributed by atoms with E-state index in [1.807, 2.05) is 4.98 Å². The number of nitrogens with one attached hydrogen (secondary N) is 1. The molecular weight excluding hydrogens is 517 g/mol. The number of hydrogen-bond acceptors (Lipinski definition) is 12. The number of rotatable bonds is 8. The quantitative estimate of drug-likeness (QED) is 0.135. The van der Waals surface area contributed by atoms with Crippen molar-refractivity contribution in [2.75, 3.05) is 0 Å². The minimum Gasteiger partial charge on any atom is -0.387 e. The Labute approximate surface area is 183 Å². The number of ether oxygens (including phenoxy) is 1. The van der Waals surface area contributed by atoms with Gasteiger partial charge in [-0.1, -0.05) is 5.92 Å². The first kappa shape index (κ1) is 27.7. The molecule has 0 amide bonds. The Morgan fingerprint density at radius 1 is 1.24 bits per heavy atom. The maximum Gasteiger partial charge on any atom is 0.490 e. The van der Waals surface area contributed by atoms with Gasteiger partial charge in [-0.2, -0.15) is 13.6 Å². The SMILES string of the molecule is CC#CC1(N)C(O)[C@@H]([C@H](C)OP(=O)(O)OP(=O)(O)OP(=O)(O)O)O[C@H]1n1cnc(=O)[nH]c1=O. The summed E-state index contributed by atoms with van der Waals surface area (Å²) < 4.78 is 52.2. The third-order valence-electron chi connectivity index (χ3n) is 4.02. The highest BCUT2D eigenvalue weighted by Gasteiger charge is 2.57. The first-order valence-corrected chi connectivity index (χ1v) is 13.0. The highest BCUT2D eigenvalue weighted by Crippen LogP contribution is 2.66. The molecule has 1 aliphatic rings. The van der Waals surface area contributed by atoms with Gasteiger partial charge in [0.2, 0.25) is 0 Å². The summed E-state index contributed by atoms with van der Waals surface area (Å²) in [6.07, 6.45) is -5.98. The number of phosphoric ester groups is 1. The zero-order valence-corrected chi connectivity index (χ0v) is 19.3. The fourth-order valence-electron chi connectivity index (χ4n) is 2.86. The Balaban J connectivity index is 2.32. The largest absolute Gasteiger partial charge is 0.490 e. The molecule has 1 saturated heterocycles. The lowest BCUT2D eigenvalue weighted by Gasteiger charge is -2.28. The van der Waals surface area contributed by atoms with Crippen molar-refractivity contribution in [3.8, 4) is 11.8 Å². The molecule has 2 rings (SSSR count). The summed E-state index contributed by atoms with van der Waals surface area (Å²) in [6.45, 7) is 2.37. The van der Waals surface area contributed by atoms with E-state index in [0.29, 0.717) is 4.57 Å². The van der Waals surface area contributed by atoms with Crippen LogP contribution in [0.4, 0.5) is 0 Å². The number of H-pyrrole nitrogens is 1. The van der Waals surface area contributed by atoms with Crippen LogP contribution in [0.1, 0.15) is 20.1 Å². The summed E-state index contributed by atoms with van der Waals surface area (Å²) in [7, 11) is -17.0. The Morgan fingerprint density at radius 3 is 2.36 bits per heavy atom. The van der Waals surface area contributed by atoms with Crippen LogP contribution in [0.25, 0.3) is 0 Å². The van der Waals surface area contributed by atoms with Gasteiger partial charge in [-0.3, -0.25) is 14.1 Å². The Morgan fingerprint density at radius 2 is 1.85 bits per heavy atom. The van der Waals surface area contributed by atoms with Crippen LogP contribution in [-0.2, 0) is 31.6 Å². The summed E-state index contributed by atoms with van der Waals surface area (Å²) in [5.74, 6) is 4.86. The standard InChI is InChI=1S/C12H19N4O14P3/c1-3-4-12(13)8(17)7(27-9(12)16-5-14-10(18)15-11(16)19)6(2)28-32(23,24)30-33(25,26)29-31(20,21)22/h5-9,17H,13H2,1-2H3,(H,23,24)(H,25,26)(H,15,18,19)(H2,20,21,22)/t6-,7+,8?,9+,12?/m0/s1. The van der Waals surface area contributed by atoms with Crippen molar-refractivity contribution < 1.29 is 56.3 Å². The summed E-state index contributed by atoms with van der Waals surface area (Å²) in [4.78, 5) is 64.6. The summed E-state index contributed by atoms with van der Waals surface area (Å²) in [5.41, 5.74) is 2.05. The highest BCUT2D eigenvalue weighted by molar-refractivity contribution is 7.66. The molecule has 1 aromatic heterocycles. The Kier molecular flexibility index (Phi) is 8.06. The van der Waals surface area contributed by atoms with Crippen LogP contribution in [0.2, 0.25) is 0 Å². The lowest BCUT2D eigenvalue weighted by atomic mass is 9.90. The van der Waals surface area contributed by atoms with E-state index in [1.54, 1.807) is 0 Å². The average Bonchev–Trinajstić information content (AvgIpc) is 2.83. The third-order valence-corrected chi connectivity index (χ3v) is 7.94. The third kappa shape index (κ3) is 6.75. The first-order chi connectivity index (χ1) is 14.9. The molecule has 33 heavy (non-hydrogen) atoms. The van der Waals surface area contributed by atoms with Crippen molar-refractivity contribution in [2.45, 2.75) is 43.9 Å². The molecule has 18 nitrogen and oxygen atoms in total. The first-order valence-electron chi connectivity index (χ1n) is 8.47. The second-order valence-corrected chi connectivity index (χ2v) is 10.9. The van der Waals surface area contributed by atoms with Gasteiger partial charge < -0.3 is 35.2 Å². The molecule has 1 aliphatic heterocycles. The van der Waals surface area contributed by atoms with Crippen molar-refractivity contribution in [1.82, 2.24) is 14.5 Å². The molecule has 4 unspecified atom stereocenters. The molecule has 7 atom stereocenters. The molecule has 0 aromatic carbocycles. The Hall–Kier alpha value is -1.54. The minimum atomic E-state index is -5.79. The van der Waals surface area contributed by atoms with E-state index in [-0.39, 0.29) is 0 Å². The summed E-state index contributed by atoms with van der Waals surface area (Å²) in [5, 5.41) is 10.7. The molecule has 0 saturated carbocycles. The van der Waals surface area contributed by atoms with Gasteiger partial charge in [0.25, 0.3) is 0 Å². The van der Waals surface area contributed by atoms with Gasteiger partial charge in [0.15, 0.2) is 11.8 Å². The number of nitrogens with zero attached hydrogens (tertiary/aromatic N) is 2. The highest BCUT2D eigenvalue weighted by atomic mass is 31.3. The smallest absolute Gasteiger partial charge is 0.387 e. The van der Waals surface area contributed by atoms with Crippen LogP contribution in [0, 0.1) is 11.8 Å². The molecule has 0 spiro atoms. The van der Waals surface area contributed by atoms with E-state index < -0.39 is 64.9 Å². The number of aromatic nitrogens is 3. The molecule has 1 aromatic rings. The average molecular weight is 536 g/mol. The van der Waals surface area contributed by atoms with Crippen molar-refractivity contribution >= 4 is 23.5 Å². The molecular formula is C12H19N4O14P3. The van der Waals surface area contributed by atoms with E-state index in [4.69, 9.17) is 20.3 Å². The monoisotopic (exact) mass is 536 g/mol. The molecule has 0 aliphatic carbocycles. The lowest BCUT2D eigenvalue weighted by molar-refractivity contribution is -0.0758. The van der Waals surface area contributed by atoms with E-state index in [9.17, 15) is 38.2 Å². The topological polar surface area (TPSA) is 283 Å².